The second-order valence-electron chi connectivity index (χ2n) is 9.61. The summed E-state index contributed by atoms with van der Waals surface area (Å²) in [4.78, 5) is 16.6. The molecule has 3 aromatic heterocycles. The van der Waals surface area contributed by atoms with Crippen molar-refractivity contribution in [3.63, 3.8) is 0 Å². The van der Waals surface area contributed by atoms with Gasteiger partial charge in [-0.1, -0.05) is 12.1 Å². The largest absolute Gasteiger partial charge is 0.494 e. The molecule has 4 aromatic rings. The maximum atomic E-state index is 6.22. The molecular weight excluding hydrogens is 428 g/mol. The summed E-state index contributed by atoms with van der Waals surface area (Å²) in [6.45, 7) is 7.40. The third kappa shape index (κ3) is 3.42. The van der Waals surface area contributed by atoms with Crippen molar-refractivity contribution in [3.8, 4) is 5.75 Å². The lowest BCUT2D eigenvalue weighted by molar-refractivity contribution is 0.337. The number of para-hydroxylation sites is 1. The van der Waals surface area contributed by atoms with Crippen LogP contribution in [0.3, 0.4) is 0 Å². The molecule has 1 atom stereocenters. The van der Waals surface area contributed by atoms with Crippen molar-refractivity contribution in [2.45, 2.75) is 44.6 Å². The zero-order valence-corrected chi connectivity index (χ0v) is 19.8. The van der Waals surface area contributed by atoms with Crippen LogP contribution in [0, 0.1) is 6.92 Å². The van der Waals surface area contributed by atoms with E-state index in [9.17, 15) is 0 Å². The maximum absolute atomic E-state index is 6.22. The Morgan fingerprint density at radius 2 is 2.03 bits per heavy atom. The average molecular weight is 459 g/mol. The minimum Gasteiger partial charge on any atom is -0.494 e. The number of nitrogen functional groups attached to an aromatic ring is 1. The molecule has 2 aliphatic rings. The summed E-state index contributed by atoms with van der Waals surface area (Å²) in [7, 11) is 1.63. The molecular formula is C25H30N8O. The fraction of sp³-hybridized carbons (Fsp3) is 0.440. The fourth-order valence-electron chi connectivity index (χ4n) is 5.35. The summed E-state index contributed by atoms with van der Waals surface area (Å²) < 4.78 is 7.11. The molecule has 0 unspecified atom stereocenters. The van der Waals surface area contributed by atoms with E-state index in [1.54, 1.807) is 11.6 Å². The molecule has 3 N–H and O–H groups in total. The smallest absolute Gasteiger partial charge is 0.223 e. The van der Waals surface area contributed by atoms with Gasteiger partial charge in [0.2, 0.25) is 5.95 Å². The first-order valence-electron chi connectivity index (χ1n) is 12.0. The Morgan fingerprint density at radius 1 is 1.18 bits per heavy atom. The average Bonchev–Trinajstić information content (AvgIpc) is 3.24. The topological polar surface area (TPSA) is 106 Å². The molecule has 4 heterocycles. The van der Waals surface area contributed by atoms with E-state index in [0.717, 1.165) is 55.2 Å². The molecule has 34 heavy (non-hydrogen) atoms. The van der Waals surface area contributed by atoms with Crippen LogP contribution in [0.5, 0.6) is 5.75 Å². The maximum Gasteiger partial charge on any atom is 0.223 e. The molecule has 9 nitrogen and oxygen atoms in total. The Morgan fingerprint density at radius 3 is 2.79 bits per heavy atom. The van der Waals surface area contributed by atoms with Crippen LogP contribution in [-0.2, 0) is 0 Å². The van der Waals surface area contributed by atoms with Gasteiger partial charge in [-0.25, -0.2) is 15.0 Å². The summed E-state index contributed by atoms with van der Waals surface area (Å²) in [6, 6.07) is 8.60. The zero-order chi connectivity index (χ0) is 23.4. The quantitative estimate of drug-likeness (QED) is 0.481. The van der Waals surface area contributed by atoms with E-state index in [1.807, 2.05) is 18.2 Å². The SMILES string of the molecule is COc1cccc2c1nc(N)n1nc(C3CC(c4cnc(N5CCN[C@H](C)C5)c(C)c4)C3)nc21. The number of piperazine rings is 1. The van der Waals surface area contributed by atoms with Crippen molar-refractivity contribution in [3.05, 3.63) is 47.4 Å². The molecule has 1 aliphatic heterocycles. The van der Waals surface area contributed by atoms with Crippen LogP contribution in [0.15, 0.2) is 30.5 Å². The standard InChI is InChI=1S/C25H30N8O/c1-14-9-18(12-28-23(14)32-8-7-27-15(2)13-32)16-10-17(11-16)22-30-24-19-5-4-6-20(34-3)21(19)29-25(26)33(24)31-22/h4-6,9,12,15-17,27H,7-8,10-11,13H2,1-3H3,(H2,26,29)/t15-,16?,17?/m1/s1. The lowest BCUT2D eigenvalue weighted by Crippen LogP contribution is -2.49. The molecule has 1 aliphatic carbocycles. The summed E-state index contributed by atoms with van der Waals surface area (Å²) >= 11 is 0. The number of nitrogens with two attached hydrogens (primary N) is 1. The van der Waals surface area contributed by atoms with Gasteiger partial charge in [0, 0.05) is 43.2 Å². The van der Waals surface area contributed by atoms with Gasteiger partial charge in [0.15, 0.2) is 11.5 Å². The highest BCUT2D eigenvalue weighted by molar-refractivity contribution is 5.95. The van der Waals surface area contributed by atoms with Gasteiger partial charge in [-0.3, -0.25) is 0 Å². The first-order valence-corrected chi connectivity index (χ1v) is 12.0. The van der Waals surface area contributed by atoms with Crippen molar-refractivity contribution in [1.29, 1.82) is 0 Å². The van der Waals surface area contributed by atoms with Gasteiger partial charge in [-0.15, -0.1) is 5.10 Å². The van der Waals surface area contributed by atoms with Gasteiger partial charge >= 0.3 is 0 Å². The van der Waals surface area contributed by atoms with Crippen LogP contribution in [-0.4, -0.2) is 57.4 Å². The summed E-state index contributed by atoms with van der Waals surface area (Å²) in [5.74, 6) is 3.72. The van der Waals surface area contributed by atoms with E-state index in [0.29, 0.717) is 35.1 Å². The minimum absolute atomic E-state index is 0.305. The molecule has 9 heteroatoms. The number of benzene rings is 1. The Balaban J connectivity index is 1.22. The van der Waals surface area contributed by atoms with E-state index in [1.165, 1.54) is 11.1 Å². The zero-order valence-electron chi connectivity index (χ0n) is 19.8. The fourth-order valence-corrected chi connectivity index (χ4v) is 5.35. The third-order valence-electron chi connectivity index (χ3n) is 7.24. The Bertz CT molecular complexity index is 1380. The van der Waals surface area contributed by atoms with E-state index >= 15 is 0 Å². The van der Waals surface area contributed by atoms with Gasteiger partial charge in [0.05, 0.1) is 7.11 Å². The third-order valence-corrected chi connectivity index (χ3v) is 7.24. The number of methoxy groups -OCH3 is 1. The number of fused-ring (bicyclic) bond motifs is 3. The van der Waals surface area contributed by atoms with Crippen molar-refractivity contribution >= 4 is 28.3 Å². The van der Waals surface area contributed by atoms with Gasteiger partial charge < -0.3 is 20.7 Å². The van der Waals surface area contributed by atoms with Crippen molar-refractivity contribution in [2.24, 2.45) is 0 Å². The Labute approximate surface area is 198 Å². The number of anilines is 2. The molecule has 1 aromatic carbocycles. The number of nitrogens with zero attached hydrogens (tertiary/aromatic N) is 6. The number of nitrogens with one attached hydrogen (secondary N) is 1. The van der Waals surface area contributed by atoms with Crippen LogP contribution in [0.25, 0.3) is 16.6 Å². The molecule has 1 saturated heterocycles. The minimum atomic E-state index is 0.305. The summed E-state index contributed by atoms with van der Waals surface area (Å²) in [5.41, 5.74) is 10.2. The Hall–Kier alpha value is -3.46. The lowest BCUT2D eigenvalue weighted by Gasteiger charge is -2.36. The van der Waals surface area contributed by atoms with E-state index in [2.05, 4.69) is 41.3 Å². The molecule has 2 fully saturated rings. The van der Waals surface area contributed by atoms with Crippen LogP contribution in [0.1, 0.15) is 48.6 Å². The predicted molar refractivity (Wildman–Crippen MR) is 133 cm³/mol. The second-order valence-corrected chi connectivity index (χ2v) is 9.61. The lowest BCUT2D eigenvalue weighted by atomic mass is 9.71. The van der Waals surface area contributed by atoms with E-state index in [-0.39, 0.29) is 0 Å². The first kappa shape index (κ1) is 21.1. The summed E-state index contributed by atoms with van der Waals surface area (Å²) in [5, 5.41) is 9.10. The number of aromatic nitrogens is 5. The van der Waals surface area contributed by atoms with Gasteiger partial charge in [0.1, 0.15) is 17.1 Å². The highest BCUT2D eigenvalue weighted by Crippen LogP contribution is 2.47. The van der Waals surface area contributed by atoms with Gasteiger partial charge in [-0.05, 0) is 55.9 Å². The highest BCUT2D eigenvalue weighted by atomic mass is 16.5. The van der Waals surface area contributed by atoms with Crippen LogP contribution in [0.4, 0.5) is 11.8 Å². The second kappa shape index (κ2) is 8.09. The number of hydrogen-bond donors (Lipinski definition) is 2. The highest BCUT2D eigenvalue weighted by Gasteiger charge is 2.35. The van der Waals surface area contributed by atoms with Crippen LogP contribution < -0.4 is 20.7 Å². The van der Waals surface area contributed by atoms with Crippen molar-refractivity contribution < 1.29 is 4.74 Å². The Kier molecular flexibility index (Phi) is 5.02. The summed E-state index contributed by atoms with van der Waals surface area (Å²) in [6.07, 6.45) is 4.09. The monoisotopic (exact) mass is 458 g/mol. The molecule has 0 bridgehead atoms. The number of aryl methyl sites for hydroxylation is 1. The van der Waals surface area contributed by atoms with Gasteiger partial charge in [-0.2, -0.15) is 4.52 Å². The van der Waals surface area contributed by atoms with Crippen LogP contribution in [0.2, 0.25) is 0 Å². The first-order chi connectivity index (χ1) is 16.5. The van der Waals surface area contributed by atoms with Crippen molar-refractivity contribution in [2.75, 3.05) is 37.4 Å². The van der Waals surface area contributed by atoms with Crippen LogP contribution >= 0.6 is 0 Å². The molecule has 0 amide bonds. The molecule has 0 spiro atoms. The predicted octanol–water partition coefficient (Wildman–Crippen LogP) is 3.03. The molecule has 6 rings (SSSR count). The molecule has 0 radical (unpaired) electrons. The van der Waals surface area contributed by atoms with E-state index in [4.69, 9.17) is 25.5 Å². The van der Waals surface area contributed by atoms with Crippen molar-refractivity contribution in [1.82, 2.24) is 29.9 Å². The number of hydrogen-bond acceptors (Lipinski definition) is 8. The number of pyridine rings is 1. The molecule has 176 valence electrons. The molecule has 1 saturated carbocycles. The normalized spacial score (nSPS) is 22.8. The van der Waals surface area contributed by atoms with Gasteiger partial charge in [0.25, 0.3) is 0 Å². The number of rotatable bonds is 4. The number of ether oxygens (including phenoxy) is 1. The van der Waals surface area contributed by atoms with E-state index < -0.39 is 0 Å².